The third-order valence-corrected chi connectivity index (χ3v) is 17.1. The summed E-state index contributed by atoms with van der Waals surface area (Å²) in [5, 5.41) is 1.55. The van der Waals surface area contributed by atoms with Crippen LogP contribution in [0.1, 0.15) is 78.7 Å². The molecule has 0 amide bonds. The van der Waals surface area contributed by atoms with E-state index in [0.29, 0.717) is 28.7 Å². The fourth-order valence-electron chi connectivity index (χ4n) is 8.47. The summed E-state index contributed by atoms with van der Waals surface area (Å²) in [5.41, 5.74) is 5.71. The molecule has 5 rings (SSSR count). The van der Waals surface area contributed by atoms with Crippen LogP contribution in [0, 0.1) is 0 Å². The van der Waals surface area contributed by atoms with Crippen LogP contribution in [0.4, 0.5) is 0 Å². The number of fused-ring (bicyclic) bond motifs is 1. The van der Waals surface area contributed by atoms with Crippen molar-refractivity contribution in [2.24, 2.45) is 7.05 Å². The van der Waals surface area contributed by atoms with Crippen LogP contribution in [0.3, 0.4) is 0 Å². The van der Waals surface area contributed by atoms with E-state index in [1.54, 1.807) is 5.19 Å². The van der Waals surface area contributed by atoms with Crippen LogP contribution in [0.15, 0.2) is 42.6 Å². The summed E-state index contributed by atoms with van der Waals surface area (Å²) in [7, 11) is 0.509. The Morgan fingerprint density at radius 2 is 1.42 bits per heavy atom. The van der Waals surface area contributed by atoms with Gasteiger partial charge in [-0.1, -0.05) is 59.7 Å². The Bertz CT molecular complexity index is 1190. The Balaban J connectivity index is 1.30. The minimum atomic E-state index is -1.66. The third kappa shape index (κ3) is 4.88. The Morgan fingerprint density at radius 1 is 0.816 bits per heavy atom. The molecule has 2 aliphatic heterocycles. The number of hydrogen-bond acceptors (Lipinski definition) is 4. The summed E-state index contributed by atoms with van der Waals surface area (Å²) < 4.78 is 2.29. The smallest absolute Gasteiger partial charge is 0.123 e. The molecule has 3 aromatic rings. The SMILES string of the molecule is CC(C)[Si](c1ccc(CN2CCC[C@H]2[C@@H]2CCCN2Cc2nc3ccccc3n2C)nc1)(C(C)C)C(C)C. The van der Waals surface area contributed by atoms with Crippen molar-refractivity contribution in [2.75, 3.05) is 13.1 Å². The zero-order valence-corrected chi connectivity index (χ0v) is 25.8. The third-order valence-electron chi connectivity index (χ3n) is 10.1. The molecule has 4 heterocycles. The molecule has 0 N–H and O–H groups in total. The average Bonchev–Trinajstić information content (AvgIpc) is 3.60. The fraction of sp³-hybridized carbons (Fsp3) is 0.625. The standard InChI is InChI=1S/C32H49N5Si/c1-23(2)38(24(3)4,25(5)6)27-17-16-26(33-20-27)21-36-18-10-14-30(36)31-15-11-19-37(31)22-32-34-28-12-8-9-13-29(28)35(32)7/h8-9,12-13,16-17,20,23-25,30-31H,10-11,14-15,18-19,21-22H2,1-7H3/t30-,31-/m0/s1. The molecule has 2 fully saturated rings. The highest BCUT2D eigenvalue weighted by Crippen LogP contribution is 2.41. The Labute approximate surface area is 231 Å². The van der Waals surface area contributed by atoms with E-state index >= 15 is 0 Å². The lowest BCUT2D eigenvalue weighted by molar-refractivity contribution is 0.121. The van der Waals surface area contributed by atoms with Crippen LogP contribution in [0.5, 0.6) is 0 Å². The maximum atomic E-state index is 5.11. The van der Waals surface area contributed by atoms with Gasteiger partial charge in [0, 0.05) is 31.9 Å². The van der Waals surface area contributed by atoms with Crippen molar-refractivity contribution in [1.82, 2.24) is 24.3 Å². The molecule has 0 unspecified atom stereocenters. The molecule has 6 heteroatoms. The van der Waals surface area contributed by atoms with Gasteiger partial charge in [0.1, 0.15) is 5.82 Å². The lowest BCUT2D eigenvalue weighted by Gasteiger charge is -2.43. The quantitative estimate of drug-likeness (QED) is 0.296. The van der Waals surface area contributed by atoms with E-state index in [2.05, 4.69) is 106 Å². The van der Waals surface area contributed by atoms with Crippen molar-refractivity contribution in [3.63, 3.8) is 0 Å². The zero-order chi connectivity index (χ0) is 27.0. The number of aryl methyl sites for hydroxylation is 1. The van der Waals surface area contributed by atoms with E-state index in [0.717, 1.165) is 18.6 Å². The first kappa shape index (κ1) is 27.5. The predicted molar refractivity (Wildman–Crippen MR) is 162 cm³/mol. The highest BCUT2D eigenvalue weighted by Gasteiger charge is 2.44. The monoisotopic (exact) mass is 531 g/mol. The Hall–Kier alpha value is -2.02. The van der Waals surface area contributed by atoms with Crippen molar-refractivity contribution in [3.8, 4) is 0 Å². The molecule has 0 spiro atoms. The number of pyridine rings is 1. The van der Waals surface area contributed by atoms with Crippen molar-refractivity contribution in [1.29, 1.82) is 0 Å². The van der Waals surface area contributed by atoms with E-state index in [1.165, 1.54) is 55.8 Å². The normalized spacial score (nSPS) is 21.6. The molecular formula is C32H49N5Si. The number of benzene rings is 1. The number of imidazole rings is 1. The largest absolute Gasteiger partial charge is 0.330 e. The molecular weight excluding hydrogens is 482 g/mol. The van der Waals surface area contributed by atoms with Gasteiger partial charge in [-0.25, -0.2) is 4.98 Å². The summed E-state index contributed by atoms with van der Waals surface area (Å²) in [6, 6.07) is 14.5. The van der Waals surface area contributed by atoms with Gasteiger partial charge in [-0.3, -0.25) is 14.8 Å². The maximum absolute atomic E-state index is 5.11. The van der Waals surface area contributed by atoms with Gasteiger partial charge in [-0.15, -0.1) is 0 Å². The van der Waals surface area contributed by atoms with Crippen LogP contribution in [0.2, 0.25) is 16.6 Å². The van der Waals surface area contributed by atoms with Crippen molar-refractivity contribution in [2.45, 2.75) is 109 Å². The van der Waals surface area contributed by atoms with Gasteiger partial charge >= 0.3 is 0 Å². The van der Waals surface area contributed by atoms with E-state index in [-0.39, 0.29) is 0 Å². The molecule has 2 atom stereocenters. The first-order valence-electron chi connectivity index (χ1n) is 15.1. The molecule has 2 aromatic heterocycles. The molecule has 0 aliphatic carbocycles. The Kier molecular flexibility index (Phi) is 8.14. The molecule has 38 heavy (non-hydrogen) atoms. The number of hydrogen-bond donors (Lipinski definition) is 0. The fourth-order valence-corrected chi connectivity index (χ4v) is 15.1. The number of likely N-dealkylation sites (tertiary alicyclic amines) is 2. The molecule has 0 saturated carbocycles. The summed E-state index contributed by atoms with van der Waals surface area (Å²) >= 11 is 0. The molecule has 0 bridgehead atoms. The van der Waals surface area contributed by atoms with Crippen LogP contribution < -0.4 is 5.19 Å². The summed E-state index contributed by atoms with van der Waals surface area (Å²) in [6.45, 7) is 18.9. The minimum Gasteiger partial charge on any atom is -0.330 e. The number of nitrogens with zero attached hydrogens (tertiary/aromatic N) is 5. The van der Waals surface area contributed by atoms with Gasteiger partial charge < -0.3 is 4.57 Å². The van der Waals surface area contributed by atoms with E-state index < -0.39 is 8.07 Å². The summed E-state index contributed by atoms with van der Waals surface area (Å²) in [5.74, 6) is 1.19. The van der Waals surface area contributed by atoms with E-state index in [1.807, 2.05) is 0 Å². The summed E-state index contributed by atoms with van der Waals surface area (Å²) in [6.07, 6.45) is 7.44. The van der Waals surface area contributed by atoms with Crippen LogP contribution in [-0.4, -0.2) is 57.6 Å². The second-order valence-electron chi connectivity index (χ2n) is 12.9. The molecule has 0 radical (unpaired) electrons. The first-order valence-corrected chi connectivity index (χ1v) is 17.3. The minimum absolute atomic E-state index is 0.611. The molecule has 2 aliphatic rings. The highest BCUT2D eigenvalue weighted by molar-refractivity contribution is 6.94. The zero-order valence-electron chi connectivity index (χ0n) is 24.8. The average molecular weight is 532 g/mol. The van der Waals surface area contributed by atoms with Gasteiger partial charge in [0.25, 0.3) is 0 Å². The summed E-state index contributed by atoms with van der Waals surface area (Å²) in [4.78, 5) is 15.5. The van der Waals surface area contributed by atoms with Crippen molar-refractivity contribution >= 4 is 24.3 Å². The van der Waals surface area contributed by atoms with Gasteiger partial charge in [-0.05, 0) is 78.8 Å². The predicted octanol–water partition coefficient (Wildman–Crippen LogP) is 6.48. The second kappa shape index (κ2) is 11.2. The van der Waals surface area contributed by atoms with Crippen LogP contribution >= 0.6 is 0 Å². The van der Waals surface area contributed by atoms with Gasteiger partial charge in [-0.2, -0.15) is 0 Å². The van der Waals surface area contributed by atoms with Crippen LogP contribution in [0.25, 0.3) is 11.0 Å². The van der Waals surface area contributed by atoms with Crippen molar-refractivity contribution in [3.05, 3.63) is 54.1 Å². The first-order chi connectivity index (χ1) is 18.2. The van der Waals surface area contributed by atoms with Gasteiger partial charge in [0.2, 0.25) is 0 Å². The van der Waals surface area contributed by atoms with Crippen molar-refractivity contribution < 1.29 is 0 Å². The molecule has 2 saturated heterocycles. The molecule has 1 aromatic carbocycles. The highest BCUT2D eigenvalue weighted by atomic mass is 28.3. The molecule has 206 valence electrons. The lowest BCUT2D eigenvalue weighted by Crippen LogP contribution is -2.55. The topological polar surface area (TPSA) is 37.2 Å². The van der Waals surface area contributed by atoms with Gasteiger partial charge in [0.05, 0.1) is 31.3 Å². The second-order valence-corrected chi connectivity index (χ2v) is 18.8. The maximum Gasteiger partial charge on any atom is 0.123 e. The van der Waals surface area contributed by atoms with Crippen LogP contribution in [-0.2, 0) is 20.1 Å². The van der Waals surface area contributed by atoms with Gasteiger partial charge in [0.15, 0.2) is 0 Å². The molecule has 5 nitrogen and oxygen atoms in total. The van der Waals surface area contributed by atoms with E-state index in [4.69, 9.17) is 9.97 Å². The number of rotatable bonds is 9. The van der Waals surface area contributed by atoms with E-state index in [9.17, 15) is 0 Å². The Morgan fingerprint density at radius 3 is 1.97 bits per heavy atom. The lowest BCUT2D eigenvalue weighted by atomic mass is 10.0. The number of aromatic nitrogens is 3. The number of para-hydroxylation sites is 2.